The number of halogens is 1. The highest BCUT2D eigenvalue weighted by Gasteiger charge is 2.19. The van der Waals surface area contributed by atoms with Crippen molar-refractivity contribution in [2.75, 3.05) is 48.8 Å². The first kappa shape index (κ1) is 22.8. The maximum absolute atomic E-state index is 12.7. The lowest BCUT2D eigenvalue weighted by molar-refractivity contribution is 0.102. The van der Waals surface area contributed by atoms with Gasteiger partial charge in [-0.05, 0) is 25.6 Å². The Labute approximate surface area is 197 Å². The molecule has 0 aliphatic carbocycles. The molecule has 1 aliphatic heterocycles. The van der Waals surface area contributed by atoms with E-state index in [4.69, 9.17) is 11.6 Å². The van der Waals surface area contributed by atoms with E-state index in [1.807, 2.05) is 19.9 Å². The maximum atomic E-state index is 12.7. The first-order valence-electron chi connectivity index (χ1n) is 10.8. The Morgan fingerprint density at radius 3 is 2.58 bits per heavy atom. The molecule has 0 radical (unpaired) electrons. The number of nitrogens with zero attached hydrogens (tertiary/aromatic N) is 7. The molecule has 10 nitrogen and oxygen atoms in total. The van der Waals surface area contributed by atoms with Gasteiger partial charge < -0.3 is 20.4 Å². The summed E-state index contributed by atoms with van der Waals surface area (Å²) in [6, 6.07) is 6.93. The number of amides is 1. The van der Waals surface area contributed by atoms with Gasteiger partial charge in [0.05, 0.1) is 10.6 Å². The highest BCUT2D eigenvalue weighted by Crippen LogP contribution is 2.22. The summed E-state index contributed by atoms with van der Waals surface area (Å²) >= 11 is 6.21. The van der Waals surface area contributed by atoms with Crippen molar-refractivity contribution in [1.82, 2.24) is 29.8 Å². The molecule has 0 saturated carbocycles. The Kier molecular flexibility index (Phi) is 6.95. The number of aromatic nitrogens is 5. The number of piperazine rings is 1. The predicted octanol–water partition coefficient (Wildman–Crippen LogP) is 2.93. The van der Waals surface area contributed by atoms with Crippen LogP contribution in [0, 0.1) is 6.92 Å². The van der Waals surface area contributed by atoms with Gasteiger partial charge in [0.2, 0.25) is 11.9 Å². The van der Waals surface area contributed by atoms with Gasteiger partial charge in [0.15, 0.2) is 0 Å². The van der Waals surface area contributed by atoms with Crippen LogP contribution < -0.4 is 15.5 Å². The first-order chi connectivity index (χ1) is 15.9. The SMILES string of the molecule is CCc1nc(Nc2cc(NC(=O)c3c(C)cccc3Cl)ncn2)nc(N2CCN(C)CC2)n1. The molecule has 1 saturated heterocycles. The van der Waals surface area contributed by atoms with Gasteiger partial charge in [-0.2, -0.15) is 15.0 Å². The molecule has 33 heavy (non-hydrogen) atoms. The molecule has 0 atom stereocenters. The summed E-state index contributed by atoms with van der Waals surface area (Å²) < 4.78 is 0. The summed E-state index contributed by atoms with van der Waals surface area (Å²) in [5, 5.41) is 6.27. The zero-order chi connectivity index (χ0) is 23.4. The Morgan fingerprint density at radius 1 is 1.09 bits per heavy atom. The minimum Gasteiger partial charge on any atom is -0.338 e. The fourth-order valence-corrected chi connectivity index (χ4v) is 3.78. The fourth-order valence-electron chi connectivity index (χ4n) is 3.48. The van der Waals surface area contributed by atoms with Crippen LogP contribution >= 0.6 is 11.6 Å². The van der Waals surface area contributed by atoms with Crippen LogP contribution in [0.15, 0.2) is 30.6 Å². The number of benzene rings is 1. The van der Waals surface area contributed by atoms with Crippen molar-refractivity contribution in [2.45, 2.75) is 20.3 Å². The quantitative estimate of drug-likeness (QED) is 0.564. The van der Waals surface area contributed by atoms with Crippen molar-refractivity contribution in [3.8, 4) is 0 Å². The van der Waals surface area contributed by atoms with Crippen LogP contribution in [0.3, 0.4) is 0 Å². The lowest BCUT2D eigenvalue weighted by Gasteiger charge is -2.32. The summed E-state index contributed by atoms with van der Waals surface area (Å²) in [6.07, 6.45) is 2.04. The number of hydrogen-bond donors (Lipinski definition) is 2. The van der Waals surface area contributed by atoms with Crippen LogP contribution in [-0.2, 0) is 6.42 Å². The van der Waals surface area contributed by atoms with Crippen molar-refractivity contribution in [1.29, 1.82) is 0 Å². The molecule has 2 aromatic heterocycles. The monoisotopic (exact) mass is 467 g/mol. The summed E-state index contributed by atoms with van der Waals surface area (Å²) in [5.41, 5.74) is 1.19. The third kappa shape index (κ3) is 5.52. The molecule has 3 heterocycles. The summed E-state index contributed by atoms with van der Waals surface area (Å²) in [6.45, 7) is 7.45. The average Bonchev–Trinajstić information content (AvgIpc) is 2.79. The molecule has 1 aromatic carbocycles. The fraction of sp³-hybridized carbons (Fsp3) is 0.364. The number of rotatable bonds is 6. The largest absolute Gasteiger partial charge is 0.338 e. The third-order valence-electron chi connectivity index (χ3n) is 5.37. The Morgan fingerprint density at radius 2 is 1.85 bits per heavy atom. The molecule has 1 amide bonds. The summed E-state index contributed by atoms with van der Waals surface area (Å²) in [4.78, 5) is 39.2. The second kappa shape index (κ2) is 10.1. The van der Waals surface area contributed by atoms with Crippen LogP contribution in [0.1, 0.15) is 28.7 Å². The molecule has 4 rings (SSSR count). The molecule has 0 bridgehead atoms. The Balaban J connectivity index is 1.52. The molecule has 0 spiro atoms. The normalized spacial score (nSPS) is 14.2. The van der Waals surface area contributed by atoms with Crippen LogP contribution in [0.5, 0.6) is 0 Å². The standard InChI is InChI=1S/C22H26ClN9O/c1-4-16-27-21(30-22(29-16)32-10-8-31(3)9-11-32)28-18-12-17(24-13-25-18)26-20(33)19-14(2)6-5-7-15(19)23/h5-7,12-13H,4,8-11H2,1-3H3,(H2,24,25,26,27,28,29,30,33). The van der Waals surface area contributed by atoms with E-state index >= 15 is 0 Å². The van der Waals surface area contributed by atoms with E-state index in [1.165, 1.54) is 6.33 Å². The highest BCUT2D eigenvalue weighted by atomic mass is 35.5. The van der Waals surface area contributed by atoms with Gasteiger partial charge in [-0.3, -0.25) is 4.79 Å². The number of carbonyl (C=O) groups is 1. The van der Waals surface area contributed by atoms with Crippen LogP contribution in [0.2, 0.25) is 5.02 Å². The molecular formula is C22H26ClN9O. The number of likely N-dealkylation sites (N-methyl/N-ethyl adjacent to an activating group) is 1. The van der Waals surface area contributed by atoms with Gasteiger partial charge in [-0.25, -0.2) is 9.97 Å². The second-order valence-electron chi connectivity index (χ2n) is 7.82. The van der Waals surface area contributed by atoms with Gasteiger partial charge >= 0.3 is 0 Å². The lowest BCUT2D eigenvalue weighted by Crippen LogP contribution is -2.45. The number of hydrogen-bond acceptors (Lipinski definition) is 9. The minimum atomic E-state index is -0.339. The smallest absolute Gasteiger partial charge is 0.258 e. The van der Waals surface area contributed by atoms with E-state index in [0.717, 1.165) is 31.7 Å². The van der Waals surface area contributed by atoms with Gasteiger partial charge in [0.25, 0.3) is 5.91 Å². The van der Waals surface area contributed by atoms with Gasteiger partial charge in [0, 0.05) is 38.7 Å². The predicted molar refractivity (Wildman–Crippen MR) is 128 cm³/mol. The zero-order valence-electron chi connectivity index (χ0n) is 18.8. The number of carbonyl (C=O) groups excluding carboxylic acids is 1. The Hall–Kier alpha value is -3.37. The molecule has 3 aromatic rings. The highest BCUT2D eigenvalue weighted by molar-refractivity contribution is 6.34. The van der Waals surface area contributed by atoms with E-state index in [-0.39, 0.29) is 5.91 Å². The van der Waals surface area contributed by atoms with E-state index in [0.29, 0.717) is 46.4 Å². The van der Waals surface area contributed by atoms with Crippen molar-refractivity contribution in [3.63, 3.8) is 0 Å². The van der Waals surface area contributed by atoms with Crippen molar-refractivity contribution < 1.29 is 4.79 Å². The molecule has 2 N–H and O–H groups in total. The summed E-state index contributed by atoms with van der Waals surface area (Å²) in [7, 11) is 2.10. The molecule has 1 fully saturated rings. The van der Waals surface area contributed by atoms with Crippen LogP contribution in [-0.4, -0.2) is 69.0 Å². The second-order valence-corrected chi connectivity index (χ2v) is 8.23. The van der Waals surface area contributed by atoms with E-state index in [9.17, 15) is 4.79 Å². The topological polar surface area (TPSA) is 112 Å². The number of nitrogens with one attached hydrogen (secondary N) is 2. The van der Waals surface area contributed by atoms with Gasteiger partial charge in [-0.1, -0.05) is 30.7 Å². The minimum absolute atomic E-state index is 0.334. The Bertz CT molecular complexity index is 1130. The van der Waals surface area contributed by atoms with Gasteiger partial charge in [-0.15, -0.1) is 0 Å². The molecule has 1 aliphatic rings. The van der Waals surface area contributed by atoms with E-state index in [2.05, 4.69) is 52.4 Å². The van der Waals surface area contributed by atoms with Crippen molar-refractivity contribution in [2.24, 2.45) is 0 Å². The summed E-state index contributed by atoms with van der Waals surface area (Å²) in [5.74, 6) is 2.18. The molecular weight excluding hydrogens is 442 g/mol. The number of aryl methyl sites for hydroxylation is 2. The molecule has 0 unspecified atom stereocenters. The molecule has 172 valence electrons. The molecule has 11 heteroatoms. The van der Waals surface area contributed by atoms with Crippen LogP contribution in [0.25, 0.3) is 0 Å². The lowest BCUT2D eigenvalue weighted by atomic mass is 10.1. The van der Waals surface area contributed by atoms with E-state index < -0.39 is 0 Å². The van der Waals surface area contributed by atoms with Crippen LogP contribution in [0.4, 0.5) is 23.5 Å². The third-order valence-corrected chi connectivity index (χ3v) is 5.68. The number of anilines is 4. The first-order valence-corrected chi connectivity index (χ1v) is 11.1. The van der Waals surface area contributed by atoms with Crippen molar-refractivity contribution in [3.05, 3.63) is 52.6 Å². The van der Waals surface area contributed by atoms with Gasteiger partial charge in [0.1, 0.15) is 23.8 Å². The maximum Gasteiger partial charge on any atom is 0.258 e. The van der Waals surface area contributed by atoms with E-state index in [1.54, 1.807) is 18.2 Å². The zero-order valence-corrected chi connectivity index (χ0v) is 19.6. The van der Waals surface area contributed by atoms with Crippen molar-refractivity contribution >= 4 is 41.0 Å². The average molecular weight is 468 g/mol.